The molecule has 0 unspecified atom stereocenters. The van der Waals surface area contributed by atoms with E-state index in [0.717, 1.165) is 0 Å². The largest absolute Gasteiger partial charge is 0.281 e. The second-order valence-corrected chi connectivity index (χ2v) is 3.96. The Morgan fingerprint density at radius 2 is 2.15 bits per heavy atom. The molecule has 0 saturated carbocycles. The summed E-state index contributed by atoms with van der Waals surface area (Å²) in [7, 11) is 0. The van der Waals surface area contributed by atoms with Crippen LogP contribution in [0.1, 0.15) is 17.7 Å². The molecule has 1 rings (SSSR count). The summed E-state index contributed by atoms with van der Waals surface area (Å²) in [5.41, 5.74) is 0.354. The van der Waals surface area contributed by atoms with Gasteiger partial charge in [0.2, 0.25) is 0 Å². The van der Waals surface area contributed by atoms with Gasteiger partial charge in [0.05, 0.1) is 9.50 Å². The summed E-state index contributed by atoms with van der Waals surface area (Å²) in [6.45, 7) is 0. The Kier molecular flexibility index (Phi) is 4.06. The summed E-state index contributed by atoms with van der Waals surface area (Å²) in [4.78, 5) is 3.60. The predicted octanol–water partition coefficient (Wildman–Crippen LogP) is 4.33. The average molecular weight is 335 g/mol. The molecule has 0 atom stereocenters. The number of halogens is 5. The van der Waals surface area contributed by atoms with Gasteiger partial charge in [-0.25, -0.2) is 8.78 Å². The molecule has 0 aliphatic carbocycles. The molecule has 0 spiro atoms. The smallest absolute Gasteiger partial charge is 0.254 e. The molecule has 6 heteroatoms. The van der Waals surface area contributed by atoms with Crippen molar-refractivity contribution in [2.45, 2.75) is 11.8 Å². The Morgan fingerprint density at radius 1 is 1.54 bits per heavy atom. The molecule has 0 fully saturated rings. The van der Waals surface area contributed by atoms with Gasteiger partial charge in [-0.1, -0.05) is 27.5 Å². The zero-order valence-corrected chi connectivity index (χ0v) is 10.1. The molecular weight excluding hydrogens is 331 g/mol. The first-order valence-electron chi connectivity index (χ1n) is 3.24. The van der Waals surface area contributed by atoms with Crippen molar-refractivity contribution in [1.29, 1.82) is 0 Å². The quantitative estimate of drug-likeness (QED) is 0.733. The number of hydrogen-bond acceptors (Lipinski definition) is 1. The monoisotopic (exact) mass is 333 g/mol. The lowest BCUT2D eigenvalue weighted by Crippen LogP contribution is -1.95. The third kappa shape index (κ3) is 2.39. The van der Waals surface area contributed by atoms with Gasteiger partial charge in [0.1, 0.15) is 5.69 Å². The molecular formula is C7H4Br2ClF2N. The van der Waals surface area contributed by atoms with Gasteiger partial charge in [-0.15, -0.1) is 0 Å². The van der Waals surface area contributed by atoms with Crippen LogP contribution in [0.5, 0.6) is 0 Å². The molecule has 0 aliphatic rings. The Morgan fingerprint density at radius 3 is 2.62 bits per heavy atom. The number of aromatic nitrogens is 1. The van der Waals surface area contributed by atoms with Crippen molar-refractivity contribution in [3.05, 3.63) is 26.9 Å². The van der Waals surface area contributed by atoms with Gasteiger partial charge in [0.25, 0.3) is 6.43 Å². The molecule has 1 nitrogen and oxygen atoms in total. The first kappa shape index (κ1) is 11.3. The van der Waals surface area contributed by atoms with E-state index < -0.39 is 6.43 Å². The molecule has 0 radical (unpaired) electrons. The van der Waals surface area contributed by atoms with Crippen LogP contribution >= 0.6 is 43.5 Å². The zero-order chi connectivity index (χ0) is 10.0. The van der Waals surface area contributed by atoms with Gasteiger partial charge in [0, 0.05) is 17.1 Å². The van der Waals surface area contributed by atoms with Crippen molar-refractivity contribution in [2.75, 3.05) is 0 Å². The second kappa shape index (κ2) is 4.66. The maximum absolute atomic E-state index is 12.3. The Balaban J connectivity index is 3.23. The molecule has 0 saturated heterocycles. The fraction of sp³-hybridized carbons (Fsp3) is 0.286. The standard InChI is InChI=1S/C7H4Br2ClF2N/c8-1-3-2-13-6(7(11)12)4(9)5(3)10/h2,7H,1H2. The van der Waals surface area contributed by atoms with Crippen molar-refractivity contribution in [1.82, 2.24) is 4.98 Å². The topological polar surface area (TPSA) is 12.9 Å². The third-order valence-corrected chi connectivity index (χ3v) is 3.48. The minimum absolute atomic E-state index is 0.168. The van der Waals surface area contributed by atoms with Crippen molar-refractivity contribution in [2.24, 2.45) is 0 Å². The number of rotatable bonds is 2. The zero-order valence-electron chi connectivity index (χ0n) is 6.20. The Hall–Kier alpha value is 0.260. The van der Waals surface area contributed by atoms with Crippen LogP contribution in [0.25, 0.3) is 0 Å². The molecule has 1 aromatic heterocycles. The molecule has 1 heterocycles. The Labute approximate surface area is 95.8 Å². The van der Waals surface area contributed by atoms with E-state index in [-0.39, 0.29) is 15.2 Å². The maximum Gasteiger partial charge on any atom is 0.281 e. The fourth-order valence-corrected chi connectivity index (χ4v) is 2.09. The van der Waals surface area contributed by atoms with E-state index in [4.69, 9.17) is 11.6 Å². The number of alkyl halides is 3. The summed E-state index contributed by atoms with van der Waals surface area (Å²) in [5.74, 6) is 0. The summed E-state index contributed by atoms with van der Waals surface area (Å²) in [6, 6.07) is 0. The highest BCUT2D eigenvalue weighted by atomic mass is 79.9. The van der Waals surface area contributed by atoms with Crippen LogP contribution in [-0.4, -0.2) is 4.98 Å². The molecule has 72 valence electrons. The summed E-state index contributed by atoms with van der Waals surface area (Å²) in [6.07, 6.45) is -1.28. The van der Waals surface area contributed by atoms with Crippen molar-refractivity contribution >= 4 is 43.5 Å². The first-order valence-corrected chi connectivity index (χ1v) is 5.54. The predicted molar refractivity (Wildman–Crippen MR) is 54.5 cm³/mol. The SMILES string of the molecule is FC(F)c1ncc(CBr)c(Cl)c1Br. The van der Waals surface area contributed by atoms with Crippen LogP contribution in [0.2, 0.25) is 5.02 Å². The van der Waals surface area contributed by atoms with E-state index in [1.165, 1.54) is 6.20 Å². The van der Waals surface area contributed by atoms with Gasteiger partial charge < -0.3 is 0 Å². The minimum Gasteiger partial charge on any atom is -0.254 e. The molecule has 13 heavy (non-hydrogen) atoms. The molecule has 0 N–H and O–H groups in total. The van der Waals surface area contributed by atoms with E-state index in [2.05, 4.69) is 36.8 Å². The van der Waals surface area contributed by atoms with E-state index in [1.54, 1.807) is 0 Å². The highest BCUT2D eigenvalue weighted by molar-refractivity contribution is 9.10. The molecule has 0 aromatic carbocycles. The van der Waals surface area contributed by atoms with E-state index in [9.17, 15) is 8.78 Å². The van der Waals surface area contributed by atoms with E-state index in [1.807, 2.05) is 0 Å². The lowest BCUT2D eigenvalue weighted by atomic mass is 10.3. The van der Waals surface area contributed by atoms with Gasteiger partial charge in [0.15, 0.2) is 0 Å². The van der Waals surface area contributed by atoms with Crippen molar-refractivity contribution in [3.63, 3.8) is 0 Å². The average Bonchev–Trinajstić information content (AvgIpc) is 2.09. The number of nitrogens with zero attached hydrogens (tertiary/aromatic N) is 1. The van der Waals surface area contributed by atoms with Crippen LogP contribution in [0.15, 0.2) is 10.7 Å². The lowest BCUT2D eigenvalue weighted by Gasteiger charge is -2.06. The lowest BCUT2D eigenvalue weighted by molar-refractivity contribution is 0.145. The van der Waals surface area contributed by atoms with Gasteiger partial charge in [-0.3, -0.25) is 4.98 Å². The van der Waals surface area contributed by atoms with Gasteiger partial charge >= 0.3 is 0 Å². The maximum atomic E-state index is 12.3. The third-order valence-electron chi connectivity index (χ3n) is 1.41. The van der Waals surface area contributed by atoms with Crippen LogP contribution in [-0.2, 0) is 5.33 Å². The number of pyridine rings is 1. The van der Waals surface area contributed by atoms with Gasteiger partial charge in [-0.05, 0) is 15.9 Å². The van der Waals surface area contributed by atoms with Crippen LogP contribution in [0, 0.1) is 0 Å². The van der Waals surface area contributed by atoms with Crippen molar-refractivity contribution < 1.29 is 8.78 Å². The fourth-order valence-electron chi connectivity index (χ4n) is 0.760. The van der Waals surface area contributed by atoms with Crippen LogP contribution in [0.4, 0.5) is 8.78 Å². The highest BCUT2D eigenvalue weighted by Gasteiger charge is 2.17. The summed E-state index contributed by atoms with van der Waals surface area (Å²) in [5, 5.41) is 0.767. The van der Waals surface area contributed by atoms with Crippen LogP contribution < -0.4 is 0 Å². The highest BCUT2D eigenvalue weighted by Crippen LogP contribution is 2.34. The Bertz CT molecular complexity index is 320. The van der Waals surface area contributed by atoms with Crippen molar-refractivity contribution in [3.8, 4) is 0 Å². The van der Waals surface area contributed by atoms with Gasteiger partial charge in [-0.2, -0.15) is 0 Å². The van der Waals surface area contributed by atoms with Crippen LogP contribution in [0.3, 0.4) is 0 Å². The van der Waals surface area contributed by atoms with E-state index in [0.29, 0.717) is 10.9 Å². The minimum atomic E-state index is -2.61. The molecule has 0 aliphatic heterocycles. The summed E-state index contributed by atoms with van der Waals surface area (Å²) < 4.78 is 24.7. The molecule has 1 aromatic rings. The summed E-state index contributed by atoms with van der Waals surface area (Å²) >= 11 is 11.9. The second-order valence-electron chi connectivity index (χ2n) is 2.23. The first-order chi connectivity index (χ1) is 6.07. The molecule has 0 bridgehead atoms. The van der Waals surface area contributed by atoms with E-state index >= 15 is 0 Å². The molecule has 0 amide bonds. The normalized spacial score (nSPS) is 10.9. The number of hydrogen-bond donors (Lipinski definition) is 0.